The fourth-order valence-electron chi connectivity index (χ4n) is 3.84. The molecule has 0 bridgehead atoms. The Kier molecular flexibility index (Phi) is 5.35. The highest BCUT2D eigenvalue weighted by Crippen LogP contribution is 2.28. The van der Waals surface area contributed by atoms with Gasteiger partial charge in [0.2, 0.25) is 11.8 Å². The molecule has 28 heavy (non-hydrogen) atoms. The lowest BCUT2D eigenvalue weighted by molar-refractivity contribution is -0.132. The van der Waals surface area contributed by atoms with Crippen molar-refractivity contribution in [3.8, 4) is 0 Å². The summed E-state index contributed by atoms with van der Waals surface area (Å²) >= 11 is 1.72. The molecule has 3 heterocycles. The van der Waals surface area contributed by atoms with Crippen molar-refractivity contribution in [1.82, 2.24) is 9.88 Å². The number of fused-ring (bicyclic) bond motifs is 1. The zero-order valence-corrected chi connectivity index (χ0v) is 17.2. The number of amides is 2. The van der Waals surface area contributed by atoms with Crippen LogP contribution in [0.4, 0.5) is 10.8 Å². The Balaban J connectivity index is 1.28. The van der Waals surface area contributed by atoms with E-state index in [1.807, 2.05) is 36.1 Å². The van der Waals surface area contributed by atoms with Crippen molar-refractivity contribution in [2.75, 3.05) is 36.4 Å². The molecule has 2 amide bonds. The number of carbonyl (C=O) groups is 2. The second-order valence-corrected chi connectivity index (χ2v) is 8.77. The topological polar surface area (TPSA) is 65.5 Å². The monoisotopic (exact) mass is 398 g/mol. The van der Waals surface area contributed by atoms with Crippen molar-refractivity contribution in [2.24, 2.45) is 5.92 Å². The third kappa shape index (κ3) is 3.90. The van der Waals surface area contributed by atoms with E-state index >= 15 is 0 Å². The molecule has 6 nitrogen and oxygen atoms in total. The lowest BCUT2D eigenvalue weighted by Crippen LogP contribution is -2.49. The number of rotatable bonds is 4. The number of para-hydroxylation sites is 1. The van der Waals surface area contributed by atoms with E-state index < -0.39 is 0 Å². The van der Waals surface area contributed by atoms with Gasteiger partial charge >= 0.3 is 0 Å². The van der Waals surface area contributed by atoms with Gasteiger partial charge in [-0.1, -0.05) is 18.2 Å². The number of aromatic nitrogens is 1. The van der Waals surface area contributed by atoms with Gasteiger partial charge in [-0.05, 0) is 38.3 Å². The average Bonchev–Trinajstić information content (AvgIpc) is 3.05. The molecular weight excluding hydrogens is 372 g/mol. The number of benzene rings is 1. The zero-order valence-electron chi connectivity index (χ0n) is 16.4. The Morgan fingerprint density at radius 3 is 2.68 bits per heavy atom. The molecule has 0 saturated carbocycles. The summed E-state index contributed by atoms with van der Waals surface area (Å²) < 4.78 is 0. The van der Waals surface area contributed by atoms with Crippen LogP contribution in [-0.4, -0.2) is 47.9 Å². The predicted octanol–water partition coefficient (Wildman–Crippen LogP) is 3.00. The fraction of sp³-hybridized carbons (Fsp3) is 0.476. The van der Waals surface area contributed by atoms with Crippen LogP contribution in [0, 0.1) is 19.8 Å². The number of carbonyl (C=O) groups excluding carboxylic acids is 2. The van der Waals surface area contributed by atoms with E-state index in [0.29, 0.717) is 19.3 Å². The molecular formula is C21H26N4O2S. The Morgan fingerprint density at radius 2 is 1.96 bits per heavy atom. The minimum atomic E-state index is -0.124. The molecule has 0 aliphatic carbocycles. The Bertz CT molecular complexity index is 867. The second kappa shape index (κ2) is 7.91. The van der Waals surface area contributed by atoms with Crippen LogP contribution in [0.15, 0.2) is 24.3 Å². The molecule has 0 spiro atoms. The smallest absolute Gasteiger partial charge is 0.227 e. The van der Waals surface area contributed by atoms with Gasteiger partial charge in [0.15, 0.2) is 5.13 Å². The fourth-order valence-corrected chi connectivity index (χ4v) is 4.80. The van der Waals surface area contributed by atoms with E-state index in [2.05, 4.69) is 22.1 Å². The third-order valence-corrected chi connectivity index (χ3v) is 6.87. The highest BCUT2D eigenvalue weighted by Gasteiger charge is 2.28. The number of hydrogen-bond donors (Lipinski definition) is 1. The van der Waals surface area contributed by atoms with Gasteiger partial charge < -0.3 is 15.1 Å². The van der Waals surface area contributed by atoms with Gasteiger partial charge in [-0.25, -0.2) is 4.98 Å². The van der Waals surface area contributed by atoms with Crippen LogP contribution in [-0.2, 0) is 16.0 Å². The summed E-state index contributed by atoms with van der Waals surface area (Å²) in [6.07, 6.45) is 1.74. The maximum Gasteiger partial charge on any atom is 0.227 e. The van der Waals surface area contributed by atoms with Gasteiger partial charge in [-0.2, -0.15) is 0 Å². The molecule has 1 fully saturated rings. The summed E-state index contributed by atoms with van der Waals surface area (Å²) in [5, 5.41) is 4.02. The van der Waals surface area contributed by atoms with Gasteiger partial charge in [-0.15, -0.1) is 11.3 Å². The van der Waals surface area contributed by atoms with E-state index in [-0.39, 0.29) is 17.7 Å². The van der Waals surface area contributed by atoms with Crippen molar-refractivity contribution in [3.05, 3.63) is 40.4 Å². The number of piperazine rings is 1. The van der Waals surface area contributed by atoms with Crippen LogP contribution in [0.5, 0.6) is 0 Å². The van der Waals surface area contributed by atoms with E-state index in [1.165, 1.54) is 4.88 Å². The molecule has 1 atom stereocenters. The minimum Gasteiger partial charge on any atom is -0.345 e. The lowest BCUT2D eigenvalue weighted by Gasteiger charge is -2.35. The summed E-state index contributed by atoms with van der Waals surface area (Å²) in [5.74, 6) is 0.0602. The molecule has 4 rings (SSSR count). The number of nitrogens with zero attached hydrogens (tertiary/aromatic N) is 3. The first-order valence-corrected chi connectivity index (χ1v) is 10.7. The number of hydrogen-bond acceptors (Lipinski definition) is 5. The Labute approximate surface area is 169 Å². The van der Waals surface area contributed by atoms with Gasteiger partial charge in [0, 0.05) is 49.1 Å². The minimum absolute atomic E-state index is 0.0332. The number of nitrogens with one attached hydrogen (secondary N) is 1. The molecule has 1 aromatic carbocycles. The van der Waals surface area contributed by atoms with Crippen LogP contribution in [0.3, 0.4) is 0 Å². The molecule has 0 radical (unpaired) electrons. The van der Waals surface area contributed by atoms with Crippen LogP contribution in [0.2, 0.25) is 0 Å². The molecule has 2 aromatic rings. The molecule has 2 aliphatic heterocycles. The lowest BCUT2D eigenvalue weighted by atomic mass is 9.89. The van der Waals surface area contributed by atoms with Crippen LogP contribution in [0.1, 0.15) is 29.0 Å². The van der Waals surface area contributed by atoms with Crippen molar-refractivity contribution >= 4 is 34.0 Å². The standard InChI is InChI=1S/C21H26N4O2S/c1-14-15(2)28-21(22-14)25-11-9-24(10-12-25)19(26)8-7-17-13-16-5-3-4-6-18(16)23-20(17)27/h3-6,17H,7-13H2,1-2H3,(H,23,27). The molecule has 1 saturated heterocycles. The first-order chi connectivity index (χ1) is 13.5. The maximum absolute atomic E-state index is 12.7. The van der Waals surface area contributed by atoms with Crippen molar-refractivity contribution < 1.29 is 9.59 Å². The zero-order chi connectivity index (χ0) is 19.7. The van der Waals surface area contributed by atoms with E-state index in [9.17, 15) is 9.59 Å². The largest absolute Gasteiger partial charge is 0.345 e. The molecule has 1 aromatic heterocycles. The quantitative estimate of drug-likeness (QED) is 0.860. The van der Waals surface area contributed by atoms with E-state index in [0.717, 1.165) is 48.3 Å². The van der Waals surface area contributed by atoms with Crippen molar-refractivity contribution in [1.29, 1.82) is 0 Å². The normalized spacial score (nSPS) is 19.4. The summed E-state index contributed by atoms with van der Waals surface area (Å²) in [4.78, 5) is 35.1. The van der Waals surface area contributed by atoms with Crippen LogP contribution in [0.25, 0.3) is 0 Å². The number of thiazole rings is 1. The first kappa shape index (κ1) is 18.9. The predicted molar refractivity (Wildman–Crippen MR) is 112 cm³/mol. The maximum atomic E-state index is 12.7. The van der Waals surface area contributed by atoms with E-state index in [4.69, 9.17) is 0 Å². The number of aryl methyl sites for hydroxylation is 2. The Morgan fingerprint density at radius 1 is 1.21 bits per heavy atom. The van der Waals surface area contributed by atoms with Crippen LogP contribution >= 0.6 is 11.3 Å². The average molecular weight is 399 g/mol. The van der Waals surface area contributed by atoms with Gasteiger partial charge in [0.1, 0.15) is 0 Å². The van der Waals surface area contributed by atoms with Crippen LogP contribution < -0.4 is 10.2 Å². The summed E-state index contributed by atoms with van der Waals surface area (Å²) in [6.45, 7) is 7.20. The summed E-state index contributed by atoms with van der Waals surface area (Å²) in [6, 6.07) is 7.89. The Hall–Kier alpha value is -2.41. The third-order valence-electron chi connectivity index (χ3n) is 5.74. The van der Waals surface area contributed by atoms with Crippen molar-refractivity contribution in [3.63, 3.8) is 0 Å². The second-order valence-electron chi connectivity index (χ2n) is 7.59. The van der Waals surface area contributed by atoms with E-state index in [1.54, 1.807) is 11.3 Å². The molecule has 7 heteroatoms. The number of anilines is 2. The van der Waals surface area contributed by atoms with Crippen molar-refractivity contribution in [2.45, 2.75) is 33.1 Å². The summed E-state index contributed by atoms with van der Waals surface area (Å²) in [5.41, 5.74) is 3.15. The SMILES string of the molecule is Cc1nc(N2CCN(C(=O)CCC3Cc4ccccc4NC3=O)CC2)sc1C. The van der Waals surface area contributed by atoms with Gasteiger partial charge in [-0.3, -0.25) is 9.59 Å². The van der Waals surface area contributed by atoms with Gasteiger partial charge in [0.25, 0.3) is 0 Å². The molecule has 1 unspecified atom stereocenters. The highest BCUT2D eigenvalue weighted by molar-refractivity contribution is 7.15. The highest BCUT2D eigenvalue weighted by atomic mass is 32.1. The first-order valence-electron chi connectivity index (χ1n) is 9.87. The van der Waals surface area contributed by atoms with Gasteiger partial charge in [0.05, 0.1) is 5.69 Å². The molecule has 2 aliphatic rings. The molecule has 148 valence electrons. The summed E-state index contributed by atoms with van der Waals surface area (Å²) in [7, 11) is 0. The molecule has 1 N–H and O–H groups in total.